The van der Waals surface area contributed by atoms with E-state index in [9.17, 15) is 0 Å². The van der Waals surface area contributed by atoms with Crippen molar-refractivity contribution in [3.8, 4) is 0 Å². The Hall–Kier alpha value is -1.64. The third-order valence-corrected chi connectivity index (χ3v) is 5.25. The molecule has 4 atom stereocenters. The van der Waals surface area contributed by atoms with Crippen molar-refractivity contribution in [3.05, 3.63) is 71.8 Å². The zero-order chi connectivity index (χ0) is 14.2. The van der Waals surface area contributed by atoms with E-state index in [2.05, 4.69) is 66.1 Å². The van der Waals surface area contributed by atoms with Crippen molar-refractivity contribution in [2.45, 2.75) is 30.7 Å². The molecule has 0 bridgehead atoms. The highest BCUT2D eigenvalue weighted by Crippen LogP contribution is 2.58. The number of nitrogens with two attached hydrogens (primary N) is 1. The van der Waals surface area contributed by atoms with Crippen molar-refractivity contribution in [1.82, 2.24) is 5.43 Å². The fraction of sp³-hybridized carbons (Fsp3) is 0.368. The summed E-state index contributed by atoms with van der Waals surface area (Å²) in [5.74, 6) is 8.69. The maximum absolute atomic E-state index is 5.89. The first-order valence-electron chi connectivity index (χ1n) is 7.94. The molecular weight excluding hydrogens is 256 g/mol. The largest absolute Gasteiger partial charge is 0.271 e. The van der Waals surface area contributed by atoms with E-state index in [0.717, 1.165) is 0 Å². The summed E-state index contributed by atoms with van der Waals surface area (Å²) < 4.78 is 0. The lowest BCUT2D eigenvalue weighted by atomic mass is 9.99. The molecule has 2 fully saturated rings. The molecule has 2 aromatic rings. The van der Waals surface area contributed by atoms with Crippen molar-refractivity contribution in [3.63, 3.8) is 0 Å². The number of hydrogen-bond acceptors (Lipinski definition) is 2. The molecule has 0 amide bonds. The second kappa shape index (κ2) is 5.28. The summed E-state index contributed by atoms with van der Waals surface area (Å²) in [6, 6.07) is 22.2. The van der Waals surface area contributed by atoms with Gasteiger partial charge in [-0.15, -0.1) is 0 Å². The molecule has 2 aromatic carbocycles. The fourth-order valence-electron chi connectivity index (χ4n) is 3.95. The fourth-order valence-corrected chi connectivity index (χ4v) is 3.95. The molecule has 21 heavy (non-hydrogen) atoms. The predicted molar refractivity (Wildman–Crippen MR) is 85.7 cm³/mol. The van der Waals surface area contributed by atoms with Crippen molar-refractivity contribution in [2.24, 2.45) is 17.7 Å². The van der Waals surface area contributed by atoms with Crippen LogP contribution in [-0.2, 0) is 0 Å². The molecule has 0 radical (unpaired) electrons. The zero-order valence-electron chi connectivity index (χ0n) is 12.2. The van der Waals surface area contributed by atoms with Crippen LogP contribution in [-0.4, -0.2) is 6.04 Å². The Morgan fingerprint density at radius 3 is 1.57 bits per heavy atom. The second-order valence-corrected chi connectivity index (χ2v) is 6.53. The summed E-state index contributed by atoms with van der Waals surface area (Å²) in [5, 5.41) is 0. The van der Waals surface area contributed by atoms with Gasteiger partial charge in [0.05, 0.1) is 0 Å². The zero-order valence-corrected chi connectivity index (χ0v) is 12.2. The Balaban J connectivity index is 1.44. The quantitative estimate of drug-likeness (QED) is 0.649. The molecule has 2 heteroatoms. The lowest BCUT2D eigenvalue weighted by Crippen LogP contribution is -2.39. The van der Waals surface area contributed by atoms with E-state index in [1.165, 1.54) is 24.0 Å². The molecule has 2 nitrogen and oxygen atoms in total. The van der Waals surface area contributed by atoms with Gasteiger partial charge in [-0.25, -0.2) is 0 Å². The molecule has 0 aliphatic heterocycles. The van der Waals surface area contributed by atoms with Crippen molar-refractivity contribution >= 4 is 0 Å². The standard InChI is InChI=1S/C19H22N2/c20-21-19(17-11-15(17)13-7-3-1-4-8-13)18-12-16(18)14-9-5-2-6-10-14/h1-10,15-19,21H,11-12,20H2. The third kappa shape index (κ3) is 2.50. The van der Waals surface area contributed by atoms with Crippen LogP contribution < -0.4 is 11.3 Å². The summed E-state index contributed by atoms with van der Waals surface area (Å²) in [6.45, 7) is 0. The van der Waals surface area contributed by atoms with Crippen LogP contribution in [0, 0.1) is 11.8 Å². The van der Waals surface area contributed by atoms with E-state index in [4.69, 9.17) is 5.84 Å². The highest BCUT2D eigenvalue weighted by Gasteiger charge is 2.53. The van der Waals surface area contributed by atoms with Gasteiger partial charge in [0.2, 0.25) is 0 Å². The molecule has 0 saturated heterocycles. The number of hydrazine groups is 1. The lowest BCUT2D eigenvalue weighted by molar-refractivity contribution is 0.413. The monoisotopic (exact) mass is 278 g/mol. The molecular formula is C19H22N2. The number of benzene rings is 2. The van der Waals surface area contributed by atoms with Gasteiger partial charge in [-0.05, 0) is 47.6 Å². The summed E-state index contributed by atoms with van der Waals surface area (Å²) in [4.78, 5) is 0. The van der Waals surface area contributed by atoms with E-state index in [-0.39, 0.29) is 0 Å². The van der Waals surface area contributed by atoms with Crippen molar-refractivity contribution in [2.75, 3.05) is 0 Å². The molecule has 0 spiro atoms. The highest BCUT2D eigenvalue weighted by atomic mass is 15.2. The Morgan fingerprint density at radius 1 is 0.762 bits per heavy atom. The normalized spacial score (nSPS) is 31.7. The van der Waals surface area contributed by atoms with Crippen LogP contribution >= 0.6 is 0 Å². The molecule has 2 aliphatic rings. The van der Waals surface area contributed by atoms with Crippen LogP contribution in [0.1, 0.15) is 35.8 Å². The number of rotatable bonds is 5. The van der Waals surface area contributed by atoms with Crippen LogP contribution in [0.2, 0.25) is 0 Å². The summed E-state index contributed by atoms with van der Waals surface area (Å²) in [5.41, 5.74) is 6.07. The molecule has 2 saturated carbocycles. The van der Waals surface area contributed by atoms with Gasteiger partial charge in [0.25, 0.3) is 0 Å². The van der Waals surface area contributed by atoms with Crippen LogP contribution in [0.25, 0.3) is 0 Å². The van der Waals surface area contributed by atoms with Gasteiger partial charge in [-0.1, -0.05) is 60.7 Å². The van der Waals surface area contributed by atoms with Crippen LogP contribution in [0.15, 0.2) is 60.7 Å². The van der Waals surface area contributed by atoms with E-state index >= 15 is 0 Å². The first-order valence-corrected chi connectivity index (χ1v) is 7.94. The van der Waals surface area contributed by atoms with Crippen LogP contribution in [0.4, 0.5) is 0 Å². The molecule has 108 valence electrons. The first-order chi connectivity index (χ1) is 10.4. The summed E-state index contributed by atoms with van der Waals surface area (Å²) >= 11 is 0. The third-order valence-electron chi connectivity index (χ3n) is 5.25. The molecule has 4 unspecified atom stereocenters. The number of hydrogen-bond donors (Lipinski definition) is 2. The van der Waals surface area contributed by atoms with Crippen LogP contribution in [0.5, 0.6) is 0 Å². The van der Waals surface area contributed by atoms with Gasteiger partial charge in [0.15, 0.2) is 0 Å². The van der Waals surface area contributed by atoms with Gasteiger partial charge < -0.3 is 0 Å². The summed E-state index contributed by atoms with van der Waals surface area (Å²) in [7, 11) is 0. The van der Waals surface area contributed by atoms with Gasteiger partial charge in [-0.2, -0.15) is 0 Å². The van der Waals surface area contributed by atoms with Gasteiger partial charge in [0, 0.05) is 6.04 Å². The maximum atomic E-state index is 5.89. The van der Waals surface area contributed by atoms with Crippen molar-refractivity contribution < 1.29 is 0 Å². The SMILES string of the molecule is NNC(C1CC1c1ccccc1)C1CC1c1ccccc1. The average Bonchev–Trinajstić information content (AvgIpc) is 3.45. The molecule has 3 N–H and O–H groups in total. The van der Waals surface area contributed by atoms with Gasteiger partial charge in [0.1, 0.15) is 0 Å². The topological polar surface area (TPSA) is 38.0 Å². The number of nitrogens with one attached hydrogen (secondary N) is 1. The average molecular weight is 278 g/mol. The lowest BCUT2D eigenvalue weighted by Gasteiger charge is -2.16. The van der Waals surface area contributed by atoms with Gasteiger partial charge >= 0.3 is 0 Å². The van der Waals surface area contributed by atoms with E-state index < -0.39 is 0 Å². The Morgan fingerprint density at radius 2 is 1.19 bits per heavy atom. The predicted octanol–water partition coefficient (Wildman–Crippen LogP) is 3.43. The van der Waals surface area contributed by atoms with E-state index in [0.29, 0.717) is 29.7 Å². The molecule has 0 aromatic heterocycles. The smallest absolute Gasteiger partial charge is 0.0279 e. The van der Waals surface area contributed by atoms with E-state index in [1.807, 2.05) is 0 Å². The van der Waals surface area contributed by atoms with Crippen LogP contribution in [0.3, 0.4) is 0 Å². The molecule has 2 aliphatic carbocycles. The minimum atomic E-state index is 0.459. The second-order valence-electron chi connectivity index (χ2n) is 6.53. The Bertz CT molecular complexity index is 542. The summed E-state index contributed by atoms with van der Waals surface area (Å²) in [6.07, 6.45) is 2.55. The highest BCUT2D eigenvalue weighted by molar-refractivity contribution is 5.31. The minimum absolute atomic E-state index is 0.459. The Kier molecular flexibility index (Phi) is 3.28. The van der Waals surface area contributed by atoms with Crippen molar-refractivity contribution in [1.29, 1.82) is 0 Å². The molecule has 0 heterocycles. The van der Waals surface area contributed by atoms with Gasteiger partial charge in [-0.3, -0.25) is 11.3 Å². The Labute approximate surface area is 126 Å². The minimum Gasteiger partial charge on any atom is -0.271 e. The maximum Gasteiger partial charge on any atom is 0.0279 e. The first kappa shape index (κ1) is 13.1. The molecule has 4 rings (SSSR count). The van der Waals surface area contributed by atoms with E-state index in [1.54, 1.807) is 0 Å².